The second-order valence-electron chi connectivity index (χ2n) is 6.99. The van der Waals surface area contributed by atoms with Crippen LogP contribution in [-0.2, 0) is 4.79 Å². The molecule has 0 radical (unpaired) electrons. The van der Waals surface area contributed by atoms with E-state index in [9.17, 15) is 14.0 Å². The number of nitrogens with one attached hydrogen (secondary N) is 1. The first-order chi connectivity index (χ1) is 12.0. The standard InChI is InChI=1S/C19H26FN3O2/c1-14(24)16-2-3-18(17(20)13-16)22-8-10-23(11-9-22)19(25)12-15-4-6-21-7-5-15/h2-3,13,15,21H,4-12H2,1H3. The molecule has 5 nitrogen and oxygen atoms in total. The summed E-state index contributed by atoms with van der Waals surface area (Å²) in [5, 5.41) is 3.32. The number of nitrogens with zero attached hydrogens (tertiary/aromatic N) is 2. The highest BCUT2D eigenvalue weighted by Crippen LogP contribution is 2.23. The number of carbonyl (C=O) groups is 2. The highest BCUT2D eigenvalue weighted by atomic mass is 19.1. The van der Waals surface area contributed by atoms with Crippen LogP contribution in [0, 0.1) is 11.7 Å². The summed E-state index contributed by atoms with van der Waals surface area (Å²) < 4.78 is 14.3. The molecule has 0 aromatic heterocycles. The van der Waals surface area contributed by atoms with Gasteiger partial charge in [-0.2, -0.15) is 0 Å². The van der Waals surface area contributed by atoms with Gasteiger partial charge in [0.05, 0.1) is 5.69 Å². The van der Waals surface area contributed by atoms with E-state index in [0.29, 0.717) is 49.8 Å². The highest BCUT2D eigenvalue weighted by molar-refractivity contribution is 5.94. The predicted octanol–water partition coefficient (Wildman–Crippen LogP) is 2.07. The lowest BCUT2D eigenvalue weighted by Gasteiger charge is -2.37. The molecule has 0 bridgehead atoms. The molecule has 136 valence electrons. The maximum atomic E-state index is 14.3. The molecule has 0 spiro atoms. The van der Waals surface area contributed by atoms with Crippen molar-refractivity contribution in [3.63, 3.8) is 0 Å². The summed E-state index contributed by atoms with van der Waals surface area (Å²) in [7, 11) is 0. The van der Waals surface area contributed by atoms with Crippen LogP contribution >= 0.6 is 0 Å². The van der Waals surface area contributed by atoms with Gasteiger partial charge in [-0.15, -0.1) is 0 Å². The van der Waals surface area contributed by atoms with E-state index < -0.39 is 0 Å². The first-order valence-corrected chi connectivity index (χ1v) is 9.08. The van der Waals surface area contributed by atoms with Crippen LogP contribution in [0.25, 0.3) is 0 Å². The molecule has 2 fully saturated rings. The van der Waals surface area contributed by atoms with E-state index in [0.717, 1.165) is 25.9 Å². The molecule has 6 heteroatoms. The summed E-state index contributed by atoms with van der Waals surface area (Å²) in [6.07, 6.45) is 2.77. The molecule has 1 N–H and O–H groups in total. The van der Waals surface area contributed by atoms with Crippen LogP contribution in [0.2, 0.25) is 0 Å². The van der Waals surface area contributed by atoms with Gasteiger partial charge in [0.2, 0.25) is 5.91 Å². The first kappa shape index (κ1) is 17.9. The third kappa shape index (κ3) is 4.37. The summed E-state index contributed by atoms with van der Waals surface area (Å²) in [6.45, 7) is 5.92. The van der Waals surface area contributed by atoms with Gasteiger partial charge in [-0.1, -0.05) is 0 Å². The van der Waals surface area contributed by atoms with Gasteiger partial charge in [0.25, 0.3) is 0 Å². The van der Waals surface area contributed by atoms with E-state index >= 15 is 0 Å². The zero-order chi connectivity index (χ0) is 17.8. The predicted molar refractivity (Wildman–Crippen MR) is 95.4 cm³/mol. The van der Waals surface area contributed by atoms with Crippen molar-refractivity contribution < 1.29 is 14.0 Å². The zero-order valence-electron chi connectivity index (χ0n) is 14.8. The molecule has 0 aliphatic carbocycles. The van der Waals surface area contributed by atoms with Gasteiger partial charge in [0.15, 0.2) is 5.78 Å². The first-order valence-electron chi connectivity index (χ1n) is 9.08. The van der Waals surface area contributed by atoms with Crippen LogP contribution in [0.5, 0.6) is 0 Å². The van der Waals surface area contributed by atoms with Crippen molar-refractivity contribution in [3.05, 3.63) is 29.6 Å². The largest absolute Gasteiger partial charge is 0.366 e. The van der Waals surface area contributed by atoms with E-state index in [1.54, 1.807) is 12.1 Å². The molecular formula is C19H26FN3O2. The molecule has 0 saturated carbocycles. The van der Waals surface area contributed by atoms with Crippen molar-refractivity contribution in [2.75, 3.05) is 44.2 Å². The Morgan fingerprint density at radius 3 is 2.44 bits per heavy atom. The number of hydrogen-bond acceptors (Lipinski definition) is 4. The van der Waals surface area contributed by atoms with Crippen LogP contribution in [-0.4, -0.2) is 55.9 Å². The third-order valence-electron chi connectivity index (χ3n) is 5.25. The maximum absolute atomic E-state index is 14.3. The number of hydrogen-bond donors (Lipinski definition) is 1. The highest BCUT2D eigenvalue weighted by Gasteiger charge is 2.25. The van der Waals surface area contributed by atoms with Gasteiger partial charge < -0.3 is 15.1 Å². The van der Waals surface area contributed by atoms with Crippen LogP contribution < -0.4 is 10.2 Å². The molecule has 0 atom stereocenters. The molecule has 2 saturated heterocycles. The molecule has 2 aliphatic rings. The van der Waals surface area contributed by atoms with Crippen molar-refractivity contribution in [2.45, 2.75) is 26.2 Å². The van der Waals surface area contributed by atoms with Crippen molar-refractivity contribution in [3.8, 4) is 0 Å². The lowest BCUT2D eigenvalue weighted by atomic mass is 9.94. The van der Waals surface area contributed by atoms with Crippen LogP contribution in [0.1, 0.15) is 36.5 Å². The van der Waals surface area contributed by atoms with Gasteiger partial charge in [-0.3, -0.25) is 9.59 Å². The zero-order valence-corrected chi connectivity index (χ0v) is 14.8. The van der Waals surface area contributed by atoms with Gasteiger partial charge in [-0.05, 0) is 57.0 Å². The SMILES string of the molecule is CC(=O)c1ccc(N2CCN(C(=O)CC3CCNCC3)CC2)c(F)c1. The Hall–Kier alpha value is -1.95. The van der Waals surface area contributed by atoms with E-state index in [1.807, 2.05) is 9.80 Å². The maximum Gasteiger partial charge on any atom is 0.222 e. The van der Waals surface area contributed by atoms with Crippen molar-refractivity contribution >= 4 is 17.4 Å². The number of ketones is 1. The summed E-state index contributed by atoms with van der Waals surface area (Å²) >= 11 is 0. The second-order valence-corrected chi connectivity index (χ2v) is 6.99. The molecule has 2 heterocycles. The van der Waals surface area contributed by atoms with Crippen molar-refractivity contribution in [1.82, 2.24) is 10.2 Å². The number of halogens is 1. The van der Waals surface area contributed by atoms with Crippen molar-refractivity contribution in [2.24, 2.45) is 5.92 Å². The minimum Gasteiger partial charge on any atom is -0.366 e. The van der Waals surface area contributed by atoms with Gasteiger partial charge in [0, 0.05) is 38.2 Å². The quantitative estimate of drug-likeness (QED) is 0.847. The summed E-state index contributed by atoms with van der Waals surface area (Å²) in [4.78, 5) is 27.7. The number of Topliss-reactive ketones (excluding diaryl/α,β-unsaturated/α-hetero) is 1. The molecule has 25 heavy (non-hydrogen) atoms. The normalized spacial score (nSPS) is 19.1. The summed E-state index contributed by atoms with van der Waals surface area (Å²) in [5.74, 6) is 0.197. The number of rotatable bonds is 4. The van der Waals surface area contributed by atoms with E-state index in [1.165, 1.54) is 13.0 Å². The van der Waals surface area contributed by atoms with E-state index in [-0.39, 0.29) is 17.5 Å². The number of piperazine rings is 1. The summed E-state index contributed by atoms with van der Waals surface area (Å²) in [6, 6.07) is 4.63. The molecule has 3 rings (SSSR count). The Morgan fingerprint density at radius 2 is 1.84 bits per heavy atom. The molecule has 1 aromatic carbocycles. The smallest absolute Gasteiger partial charge is 0.222 e. The fraction of sp³-hybridized carbons (Fsp3) is 0.579. The Morgan fingerprint density at radius 1 is 1.16 bits per heavy atom. The summed E-state index contributed by atoms with van der Waals surface area (Å²) in [5.41, 5.74) is 0.896. The Balaban J connectivity index is 1.54. The molecule has 1 amide bonds. The third-order valence-corrected chi connectivity index (χ3v) is 5.25. The van der Waals surface area contributed by atoms with Gasteiger partial charge in [-0.25, -0.2) is 4.39 Å². The number of carbonyl (C=O) groups excluding carboxylic acids is 2. The number of piperidine rings is 1. The lowest BCUT2D eigenvalue weighted by Crippen LogP contribution is -2.49. The fourth-order valence-corrected chi connectivity index (χ4v) is 3.64. The topological polar surface area (TPSA) is 52.7 Å². The fourth-order valence-electron chi connectivity index (χ4n) is 3.64. The van der Waals surface area contributed by atoms with E-state index in [2.05, 4.69) is 5.32 Å². The number of amides is 1. The monoisotopic (exact) mass is 347 g/mol. The number of benzene rings is 1. The molecule has 2 aliphatic heterocycles. The van der Waals surface area contributed by atoms with Crippen LogP contribution in [0.15, 0.2) is 18.2 Å². The lowest BCUT2D eigenvalue weighted by molar-refractivity contribution is -0.132. The van der Waals surface area contributed by atoms with E-state index in [4.69, 9.17) is 0 Å². The van der Waals surface area contributed by atoms with Crippen molar-refractivity contribution in [1.29, 1.82) is 0 Å². The number of anilines is 1. The second kappa shape index (κ2) is 7.95. The average molecular weight is 347 g/mol. The van der Waals surface area contributed by atoms with Gasteiger partial charge in [0.1, 0.15) is 5.82 Å². The van der Waals surface area contributed by atoms with Crippen LogP contribution in [0.3, 0.4) is 0 Å². The molecule has 1 aromatic rings. The minimum atomic E-state index is -0.373. The Labute approximate surface area is 148 Å². The van der Waals surface area contributed by atoms with Gasteiger partial charge >= 0.3 is 0 Å². The molecule has 0 unspecified atom stereocenters. The molecular weight excluding hydrogens is 321 g/mol. The Bertz CT molecular complexity index is 636. The Kier molecular flexibility index (Phi) is 5.68. The minimum absolute atomic E-state index is 0.140. The van der Waals surface area contributed by atoms with Crippen LogP contribution in [0.4, 0.5) is 10.1 Å². The average Bonchev–Trinajstić information content (AvgIpc) is 2.62.